The molecule has 2 aromatic rings. The number of carbonyl (C=O) groups is 1. The van der Waals surface area contributed by atoms with Crippen LogP contribution < -0.4 is 11.1 Å². The number of pyridine rings is 1. The van der Waals surface area contributed by atoms with E-state index in [-0.39, 0.29) is 36.8 Å². The van der Waals surface area contributed by atoms with E-state index in [2.05, 4.69) is 10.3 Å². The van der Waals surface area contributed by atoms with Crippen LogP contribution in [0.3, 0.4) is 0 Å². The van der Waals surface area contributed by atoms with Crippen LogP contribution in [-0.4, -0.2) is 16.9 Å². The Morgan fingerprint density at radius 3 is 2.78 bits per heavy atom. The molecule has 7 heteroatoms. The van der Waals surface area contributed by atoms with Gasteiger partial charge in [-0.1, -0.05) is 23.7 Å². The third-order valence-corrected chi connectivity index (χ3v) is 4.00. The Balaban J connectivity index is 0.00000132. The molecule has 0 aliphatic heterocycles. The zero-order chi connectivity index (χ0) is 14.8. The second kappa shape index (κ2) is 8.50. The van der Waals surface area contributed by atoms with E-state index in [0.29, 0.717) is 16.3 Å². The van der Waals surface area contributed by atoms with Crippen molar-refractivity contribution < 1.29 is 4.79 Å². The number of nitrogens with two attached hydrogens (primary N) is 1. The van der Waals surface area contributed by atoms with E-state index < -0.39 is 0 Å². The van der Waals surface area contributed by atoms with Crippen molar-refractivity contribution >= 4 is 48.0 Å². The summed E-state index contributed by atoms with van der Waals surface area (Å²) in [5.41, 5.74) is 9.30. The van der Waals surface area contributed by atoms with Crippen LogP contribution in [0.25, 0.3) is 0 Å². The number of nitrogens with zero attached hydrogens (tertiary/aromatic N) is 1. The summed E-state index contributed by atoms with van der Waals surface area (Å²) in [7, 11) is 0. The Morgan fingerprint density at radius 2 is 2.04 bits per heavy atom. The fourth-order valence-corrected chi connectivity index (χ4v) is 2.78. The van der Waals surface area contributed by atoms with Gasteiger partial charge in [-0.3, -0.25) is 9.78 Å². The number of hydrogen-bond donors (Lipinski definition) is 2. The number of hydrogen-bond acceptors (Lipinski definition) is 3. The monoisotopic (exact) mass is 373 g/mol. The van der Waals surface area contributed by atoms with E-state index in [1.54, 1.807) is 30.5 Å². The lowest BCUT2D eigenvalue weighted by Gasteiger charge is -2.21. The van der Waals surface area contributed by atoms with Gasteiger partial charge in [-0.2, -0.15) is 0 Å². The van der Waals surface area contributed by atoms with E-state index in [4.69, 9.17) is 17.3 Å². The Bertz CT molecular complexity index is 694. The number of benzene rings is 1. The summed E-state index contributed by atoms with van der Waals surface area (Å²) in [5, 5.41) is 3.27. The van der Waals surface area contributed by atoms with Gasteiger partial charge in [0.2, 0.25) is 0 Å². The summed E-state index contributed by atoms with van der Waals surface area (Å²) in [6.07, 6.45) is 4.35. The average molecular weight is 375 g/mol. The number of carbonyl (C=O) groups excluding carboxylic acids is 1. The number of anilines is 1. The summed E-state index contributed by atoms with van der Waals surface area (Å²) in [6, 6.07) is 9.09. The lowest BCUT2D eigenvalue weighted by Crippen LogP contribution is -2.28. The molecule has 0 radical (unpaired) electrons. The predicted molar refractivity (Wildman–Crippen MR) is 98.1 cm³/mol. The smallest absolute Gasteiger partial charge is 0.257 e. The predicted octanol–water partition coefficient (Wildman–Crippen LogP) is 3.65. The first-order valence-corrected chi connectivity index (χ1v) is 7.30. The highest BCUT2D eigenvalue weighted by Gasteiger charge is 2.17. The number of halogens is 3. The second-order valence-corrected chi connectivity index (χ2v) is 5.67. The van der Waals surface area contributed by atoms with E-state index in [1.165, 1.54) is 0 Å². The van der Waals surface area contributed by atoms with E-state index in [9.17, 15) is 4.79 Å². The highest BCUT2D eigenvalue weighted by Crippen LogP contribution is 2.23. The minimum absolute atomic E-state index is 0. The van der Waals surface area contributed by atoms with Crippen LogP contribution >= 0.6 is 36.4 Å². The molecule has 1 aromatic carbocycles. The number of amides is 1. The maximum absolute atomic E-state index is 12.2. The second-order valence-electron chi connectivity index (χ2n) is 5.27. The van der Waals surface area contributed by atoms with Gasteiger partial charge in [0.05, 0.1) is 22.5 Å². The molecular weight excluding hydrogens is 357 g/mol. The third-order valence-electron chi connectivity index (χ3n) is 3.67. The van der Waals surface area contributed by atoms with Gasteiger partial charge >= 0.3 is 0 Å². The molecule has 3 N–H and O–H groups in total. The Labute approximate surface area is 152 Å². The van der Waals surface area contributed by atoms with Gasteiger partial charge in [0, 0.05) is 11.7 Å². The summed E-state index contributed by atoms with van der Waals surface area (Å²) in [5.74, 6) is -0.234. The molecule has 0 fully saturated rings. The first kappa shape index (κ1) is 19.7. The van der Waals surface area contributed by atoms with Gasteiger partial charge in [0.25, 0.3) is 5.91 Å². The van der Waals surface area contributed by atoms with Crippen molar-refractivity contribution in [2.24, 2.45) is 5.73 Å². The maximum atomic E-state index is 12.2. The quantitative estimate of drug-likeness (QED) is 0.843. The summed E-state index contributed by atoms with van der Waals surface area (Å²) in [6.45, 7) is 0. The van der Waals surface area contributed by atoms with Gasteiger partial charge < -0.3 is 11.1 Å². The Hall–Kier alpha value is -1.33. The number of aromatic nitrogens is 1. The lowest BCUT2D eigenvalue weighted by atomic mass is 9.92. The molecule has 1 unspecified atom stereocenters. The molecule has 1 aliphatic rings. The zero-order valence-electron chi connectivity index (χ0n) is 12.3. The van der Waals surface area contributed by atoms with Gasteiger partial charge in [0.1, 0.15) is 0 Å². The highest BCUT2D eigenvalue weighted by atomic mass is 35.5. The Morgan fingerprint density at radius 1 is 1.30 bits per heavy atom. The summed E-state index contributed by atoms with van der Waals surface area (Å²) < 4.78 is 0. The highest BCUT2D eigenvalue weighted by molar-refractivity contribution is 6.34. The minimum atomic E-state index is -0.234. The summed E-state index contributed by atoms with van der Waals surface area (Å²) in [4.78, 5) is 16.6. The number of aryl methyl sites for hydroxylation is 1. The number of nitrogens with one attached hydrogen (secondary N) is 1. The topological polar surface area (TPSA) is 68.0 Å². The van der Waals surface area contributed by atoms with Crippen LogP contribution in [0.1, 0.15) is 28.0 Å². The SMILES string of the molecule is Cl.Cl.NC1CCc2ncc(NC(=O)c3ccccc3Cl)cc2C1. The standard InChI is InChI=1S/C16H16ClN3O.2ClH/c17-14-4-2-1-3-13(14)16(21)20-12-8-10-7-11(18)5-6-15(10)19-9-12;;/h1-4,8-9,11H,5-7,18H2,(H,20,21);2*1H. The van der Waals surface area contributed by atoms with E-state index >= 15 is 0 Å². The van der Waals surface area contributed by atoms with Crippen LogP contribution in [0.5, 0.6) is 0 Å². The molecule has 3 rings (SSSR count). The average Bonchev–Trinajstić information content (AvgIpc) is 2.47. The van der Waals surface area contributed by atoms with Crippen molar-refractivity contribution in [3.05, 3.63) is 58.4 Å². The largest absolute Gasteiger partial charge is 0.327 e. The first-order chi connectivity index (χ1) is 10.1. The van der Waals surface area contributed by atoms with Crippen molar-refractivity contribution in [1.82, 2.24) is 4.98 Å². The molecule has 0 bridgehead atoms. The normalized spacial score (nSPS) is 15.7. The number of fused-ring (bicyclic) bond motifs is 1. The van der Waals surface area contributed by atoms with E-state index in [0.717, 1.165) is 30.5 Å². The van der Waals surface area contributed by atoms with Crippen molar-refractivity contribution in [2.75, 3.05) is 5.32 Å². The fraction of sp³-hybridized carbons (Fsp3) is 0.250. The molecule has 1 aliphatic carbocycles. The molecule has 1 aromatic heterocycles. The van der Waals surface area contributed by atoms with Crippen LogP contribution in [0.15, 0.2) is 36.5 Å². The van der Waals surface area contributed by atoms with Crippen LogP contribution in [0.4, 0.5) is 5.69 Å². The van der Waals surface area contributed by atoms with Crippen molar-refractivity contribution in [3.8, 4) is 0 Å². The molecule has 0 saturated heterocycles. The van der Waals surface area contributed by atoms with E-state index in [1.807, 2.05) is 6.07 Å². The summed E-state index contributed by atoms with van der Waals surface area (Å²) >= 11 is 6.03. The molecule has 4 nitrogen and oxygen atoms in total. The van der Waals surface area contributed by atoms with Crippen molar-refractivity contribution in [1.29, 1.82) is 0 Å². The number of rotatable bonds is 2. The zero-order valence-corrected chi connectivity index (χ0v) is 14.7. The lowest BCUT2D eigenvalue weighted by molar-refractivity contribution is 0.102. The minimum Gasteiger partial charge on any atom is -0.327 e. The molecule has 1 heterocycles. The van der Waals surface area contributed by atoms with Gasteiger partial charge in [0.15, 0.2) is 0 Å². The van der Waals surface area contributed by atoms with Crippen LogP contribution in [0.2, 0.25) is 5.02 Å². The van der Waals surface area contributed by atoms with Crippen molar-refractivity contribution in [2.45, 2.75) is 25.3 Å². The molecule has 1 atom stereocenters. The van der Waals surface area contributed by atoms with Crippen LogP contribution in [0, 0.1) is 0 Å². The van der Waals surface area contributed by atoms with Crippen molar-refractivity contribution in [3.63, 3.8) is 0 Å². The molecule has 124 valence electrons. The molecule has 1 amide bonds. The van der Waals surface area contributed by atoms with Gasteiger partial charge in [-0.25, -0.2) is 0 Å². The molecule has 23 heavy (non-hydrogen) atoms. The van der Waals surface area contributed by atoms with Crippen LogP contribution in [-0.2, 0) is 12.8 Å². The first-order valence-electron chi connectivity index (χ1n) is 6.93. The van der Waals surface area contributed by atoms with Gasteiger partial charge in [-0.05, 0) is 43.0 Å². The Kier molecular flexibility index (Phi) is 7.29. The molecule has 0 spiro atoms. The van der Waals surface area contributed by atoms with Gasteiger partial charge in [-0.15, -0.1) is 24.8 Å². The fourth-order valence-electron chi connectivity index (χ4n) is 2.56. The molecular formula is C16H18Cl3N3O. The third kappa shape index (κ3) is 4.58. The maximum Gasteiger partial charge on any atom is 0.257 e. The molecule has 0 saturated carbocycles.